The number of rotatable bonds is 5. The van der Waals surface area contributed by atoms with Crippen LogP contribution in [0.5, 0.6) is 0 Å². The molecule has 268 valence electrons. The van der Waals surface area contributed by atoms with Gasteiger partial charge in [0.25, 0.3) is 0 Å². The van der Waals surface area contributed by atoms with Gasteiger partial charge in [-0.25, -0.2) is 0 Å². The molecule has 0 unspecified atom stereocenters. The minimum absolute atomic E-state index is 0.0923. The predicted molar refractivity (Wildman–Crippen MR) is 236 cm³/mol. The molecule has 0 bridgehead atoms. The van der Waals surface area contributed by atoms with Gasteiger partial charge < -0.3 is 9.47 Å². The number of aromatic nitrogens is 1. The van der Waals surface area contributed by atoms with E-state index in [2.05, 4.69) is 219 Å². The summed E-state index contributed by atoms with van der Waals surface area (Å²) in [6.45, 7) is 9.48. The molecule has 0 N–H and O–H groups in total. The first-order valence-corrected chi connectivity index (χ1v) is 19.8. The topological polar surface area (TPSA) is 8.17 Å². The number of hydrogen-bond acceptors (Lipinski definition) is 1. The second-order valence-corrected chi connectivity index (χ2v) is 16.6. The molecule has 9 aromatic rings. The minimum atomic E-state index is -0.154. The van der Waals surface area contributed by atoms with Crippen LogP contribution < -0.4 is 4.90 Å². The molecule has 2 heterocycles. The van der Waals surface area contributed by atoms with Gasteiger partial charge in [0.05, 0.1) is 16.7 Å². The molecule has 0 saturated carbocycles. The summed E-state index contributed by atoms with van der Waals surface area (Å²) in [6, 6.07) is 67.5. The summed E-state index contributed by atoms with van der Waals surface area (Å²) in [5.74, 6) is 0. The lowest BCUT2D eigenvalue weighted by atomic mass is 9.74. The van der Waals surface area contributed by atoms with E-state index in [4.69, 9.17) is 0 Å². The van der Waals surface area contributed by atoms with E-state index in [1.807, 2.05) is 0 Å². The third kappa shape index (κ3) is 4.69. The van der Waals surface area contributed by atoms with E-state index >= 15 is 0 Å². The van der Waals surface area contributed by atoms with Crippen LogP contribution in [0.1, 0.15) is 49.9 Å². The first-order chi connectivity index (χ1) is 27.3. The van der Waals surface area contributed by atoms with Crippen molar-refractivity contribution in [3.63, 3.8) is 0 Å². The fourth-order valence-corrected chi connectivity index (χ4v) is 9.85. The molecule has 2 aliphatic rings. The Hall–Kier alpha value is -6.64. The average Bonchev–Trinajstić information content (AvgIpc) is 3.69. The van der Waals surface area contributed by atoms with Gasteiger partial charge in [0.2, 0.25) is 0 Å². The Morgan fingerprint density at radius 3 is 1.68 bits per heavy atom. The second kappa shape index (κ2) is 11.9. The maximum atomic E-state index is 2.49. The Morgan fingerprint density at radius 1 is 0.375 bits per heavy atom. The summed E-state index contributed by atoms with van der Waals surface area (Å²) in [7, 11) is 0. The highest BCUT2D eigenvalue weighted by atomic mass is 15.1. The molecule has 0 saturated heterocycles. The van der Waals surface area contributed by atoms with Crippen molar-refractivity contribution in [3.8, 4) is 39.1 Å². The number of hydrogen-bond donors (Lipinski definition) is 0. The second-order valence-electron chi connectivity index (χ2n) is 16.6. The van der Waals surface area contributed by atoms with E-state index in [9.17, 15) is 0 Å². The summed E-state index contributed by atoms with van der Waals surface area (Å²) in [5.41, 5.74) is 20.1. The van der Waals surface area contributed by atoms with Crippen LogP contribution in [0.4, 0.5) is 17.1 Å². The molecule has 0 atom stereocenters. The Balaban J connectivity index is 1.05. The zero-order chi connectivity index (χ0) is 37.8. The maximum absolute atomic E-state index is 2.49. The lowest BCUT2D eigenvalue weighted by Gasteiger charge is -2.35. The zero-order valence-electron chi connectivity index (χ0n) is 32.2. The Bertz CT molecular complexity index is 3000. The molecule has 56 heavy (non-hydrogen) atoms. The first-order valence-electron chi connectivity index (χ1n) is 19.8. The van der Waals surface area contributed by atoms with E-state index in [1.54, 1.807) is 0 Å². The van der Waals surface area contributed by atoms with Gasteiger partial charge in [-0.15, -0.1) is 0 Å². The quantitative estimate of drug-likeness (QED) is 0.172. The molecule has 2 nitrogen and oxygen atoms in total. The zero-order valence-corrected chi connectivity index (χ0v) is 32.2. The van der Waals surface area contributed by atoms with E-state index in [0.717, 1.165) is 17.1 Å². The molecule has 0 spiro atoms. The first kappa shape index (κ1) is 32.8. The van der Waals surface area contributed by atoms with Crippen LogP contribution in [0.2, 0.25) is 0 Å². The number of fused-ring (bicyclic) bond motifs is 8. The molecule has 0 amide bonds. The van der Waals surface area contributed by atoms with Gasteiger partial charge in [-0.05, 0) is 116 Å². The molecule has 0 radical (unpaired) electrons. The summed E-state index contributed by atoms with van der Waals surface area (Å²) in [6.07, 6.45) is 0. The van der Waals surface area contributed by atoms with E-state index in [0.29, 0.717) is 0 Å². The molecule has 1 aliphatic heterocycles. The van der Waals surface area contributed by atoms with Crippen LogP contribution >= 0.6 is 0 Å². The lowest BCUT2D eigenvalue weighted by Crippen LogP contribution is -2.26. The SMILES string of the molecule is CC1(C)c2ccccc2-c2ccc(N(c3ccc(-c4ccccc4)cc3)c3ccc(-c4cc5c6c(c4)c4ccccc4n6-c4ccccc4C5(C)C)cc3)cc21. The van der Waals surface area contributed by atoms with Crippen molar-refractivity contribution in [1.29, 1.82) is 0 Å². The molecule has 1 aromatic heterocycles. The largest absolute Gasteiger partial charge is 0.310 e. The summed E-state index contributed by atoms with van der Waals surface area (Å²) in [4.78, 5) is 2.42. The molecule has 8 aromatic carbocycles. The van der Waals surface area contributed by atoms with Crippen LogP contribution in [0.3, 0.4) is 0 Å². The van der Waals surface area contributed by atoms with E-state index in [1.165, 1.54) is 83.1 Å². The van der Waals surface area contributed by atoms with Gasteiger partial charge in [-0.2, -0.15) is 0 Å². The summed E-state index contributed by atoms with van der Waals surface area (Å²) in [5, 5.41) is 2.60. The van der Waals surface area contributed by atoms with Crippen molar-refractivity contribution in [2.24, 2.45) is 0 Å². The molecular formula is C54H42N2. The van der Waals surface area contributed by atoms with Gasteiger partial charge in [0, 0.05) is 38.7 Å². The van der Waals surface area contributed by atoms with Crippen molar-refractivity contribution >= 4 is 38.9 Å². The van der Waals surface area contributed by atoms with Gasteiger partial charge in [0.1, 0.15) is 0 Å². The smallest absolute Gasteiger partial charge is 0.0582 e. The van der Waals surface area contributed by atoms with Crippen molar-refractivity contribution in [1.82, 2.24) is 4.57 Å². The van der Waals surface area contributed by atoms with Crippen LogP contribution in [0.15, 0.2) is 182 Å². The number of benzene rings is 8. The average molecular weight is 719 g/mol. The van der Waals surface area contributed by atoms with Crippen LogP contribution in [-0.2, 0) is 10.8 Å². The molecule has 1 aliphatic carbocycles. The molecule has 11 rings (SSSR count). The van der Waals surface area contributed by atoms with Crippen LogP contribution in [0, 0.1) is 0 Å². The maximum Gasteiger partial charge on any atom is 0.0582 e. The summed E-state index contributed by atoms with van der Waals surface area (Å²) >= 11 is 0. The fraction of sp³-hybridized carbons (Fsp3) is 0.111. The van der Waals surface area contributed by atoms with Crippen LogP contribution in [-0.4, -0.2) is 4.57 Å². The van der Waals surface area contributed by atoms with Crippen molar-refractivity contribution < 1.29 is 0 Å². The number of para-hydroxylation sites is 2. The van der Waals surface area contributed by atoms with Crippen LogP contribution in [0.25, 0.3) is 60.9 Å². The molecular weight excluding hydrogens is 677 g/mol. The lowest BCUT2D eigenvalue weighted by molar-refractivity contribution is 0.630. The highest BCUT2D eigenvalue weighted by molar-refractivity contribution is 6.13. The van der Waals surface area contributed by atoms with E-state index < -0.39 is 0 Å². The van der Waals surface area contributed by atoms with E-state index in [-0.39, 0.29) is 10.8 Å². The van der Waals surface area contributed by atoms with Gasteiger partial charge in [-0.1, -0.05) is 149 Å². The van der Waals surface area contributed by atoms with Gasteiger partial charge in [0.15, 0.2) is 0 Å². The standard InChI is InChI=1S/C54H42N2/c1-53(2)46-18-10-8-16-42(46)43-31-30-41(34-48(43)53)55(39-26-22-36(23-27-39)35-14-6-5-7-15-35)40-28-24-37(25-29-40)38-32-45-44-17-9-12-20-50(44)56-51-21-13-11-19-47(51)54(3,4)49(33-38)52(45)56/h5-34H,1-4H3. The Kier molecular flexibility index (Phi) is 6.98. The summed E-state index contributed by atoms with van der Waals surface area (Å²) < 4.78 is 2.49. The van der Waals surface area contributed by atoms with Crippen molar-refractivity contribution in [2.75, 3.05) is 4.90 Å². The Morgan fingerprint density at radius 2 is 0.929 bits per heavy atom. The molecule has 0 fully saturated rings. The number of anilines is 3. The third-order valence-electron chi connectivity index (χ3n) is 12.8. The van der Waals surface area contributed by atoms with Crippen molar-refractivity contribution in [3.05, 3.63) is 204 Å². The Labute approximate surface area is 328 Å². The third-order valence-corrected chi connectivity index (χ3v) is 12.8. The minimum Gasteiger partial charge on any atom is -0.310 e. The normalized spacial score (nSPS) is 14.4. The fourth-order valence-electron chi connectivity index (χ4n) is 9.85. The molecule has 2 heteroatoms. The van der Waals surface area contributed by atoms with Gasteiger partial charge >= 0.3 is 0 Å². The number of nitrogens with zero attached hydrogens (tertiary/aromatic N) is 2. The van der Waals surface area contributed by atoms with Crippen molar-refractivity contribution in [2.45, 2.75) is 38.5 Å². The highest BCUT2D eigenvalue weighted by Gasteiger charge is 2.37. The predicted octanol–water partition coefficient (Wildman–Crippen LogP) is 14.5. The monoisotopic (exact) mass is 718 g/mol. The van der Waals surface area contributed by atoms with Gasteiger partial charge in [-0.3, -0.25) is 0 Å². The highest BCUT2D eigenvalue weighted by Crippen LogP contribution is 2.52.